The summed E-state index contributed by atoms with van der Waals surface area (Å²) >= 11 is 0. The van der Waals surface area contributed by atoms with Gasteiger partial charge >= 0.3 is 5.97 Å². The molecule has 0 aromatic carbocycles. The van der Waals surface area contributed by atoms with Gasteiger partial charge in [-0.2, -0.15) is 0 Å². The maximum Gasteiger partial charge on any atom is 0.332 e. The summed E-state index contributed by atoms with van der Waals surface area (Å²) in [4.78, 5) is 15.1. The lowest BCUT2D eigenvalue weighted by Gasteiger charge is -2.30. The number of fused-ring (bicyclic) bond motifs is 1. The Morgan fingerprint density at radius 2 is 2.32 bits per heavy atom. The van der Waals surface area contributed by atoms with Crippen LogP contribution in [0.3, 0.4) is 0 Å². The first kappa shape index (κ1) is 13.9. The number of rotatable bonds is 4. The van der Waals surface area contributed by atoms with Crippen LogP contribution < -0.4 is 5.48 Å². The predicted octanol–water partition coefficient (Wildman–Crippen LogP) is -0.369. The molecule has 2 aliphatic rings. The van der Waals surface area contributed by atoms with Gasteiger partial charge in [-0.15, -0.1) is 0 Å². The summed E-state index contributed by atoms with van der Waals surface area (Å²) in [5, 5.41) is 27.6. The van der Waals surface area contributed by atoms with E-state index in [0.29, 0.717) is 12.8 Å². The van der Waals surface area contributed by atoms with Gasteiger partial charge in [0, 0.05) is 11.6 Å². The van der Waals surface area contributed by atoms with Crippen LogP contribution in [0.25, 0.3) is 0 Å². The van der Waals surface area contributed by atoms with E-state index in [-0.39, 0.29) is 11.8 Å². The molecule has 4 N–H and O–H groups in total. The number of allylic oxidation sites excluding steroid dienone is 1. The summed E-state index contributed by atoms with van der Waals surface area (Å²) in [6.07, 6.45) is 0.0509. The van der Waals surface area contributed by atoms with Gasteiger partial charge < -0.3 is 15.3 Å². The molecular weight excluding hydrogens is 250 g/mol. The fourth-order valence-electron chi connectivity index (χ4n) is 2.46. The molecular formula is C13H17NO5. The van der Waals surface area contributed by atoms with Crippen molar-refractivity contribution in [1.29, 1.82) is 0 Å². The van der Waals surface area contributed by atoms with Crippen molar-refractivity contribution in [2.24, 2.45) is 11.8 Å². The van der Waals surface area contributed by atoms with Crippen LogP contribution in [-0.4, -0.2) is 40.1 Å². The van der Waals surface area contributed by atoms with E-state index in [4.69, 9.17) is 15.1 Å². The number of carboxylic acids is 1. The topological polar surface area (TPSA) is 99.0 Å². The van der Waals surface area contributed by atoms with Gasteiger partial charge in [-0.05, 0) is 25.3 Å². The Balaban J connectivity index is 1.93. The van der Waals surface area contributed by atoms with E-state index < -0.39 is 24.8 Å². The van der Waals surface area contributed by atoms with Gasteiger partial charge in [-0.3, -0.25) is 10.3 Å². The summed E-state index contributed by atoms with van der Waals surface area (Å²) in [6, 6.07) is 0. The molecule has 0 bridgehead atoms. The predicted molar refractivity (Wildman–Crippen MR) is 65.4 cm³/mol. The Hall–Kier alpha value is -1.55. The zero-order valence-electron chi connectivity index (χ0n) is 10.6. The van der Waals surface area contributed by atoms with Crippen molar-refractivity contribution in [3.8, 4) is 11.8 Å². The first-order valence-corrected chi connectivity index (χ1v) is 6.17. The third-order valence-corrected chi connectivity index (χ3v) is 3.39. The zero-order valence-corrected chi connectivity index (χ0v) is 10.6. The Morgan fingerprint density at radius 3 is 2.95 bits per heavy atom. The molecule has 0 aromatic rings. The van der Waals surface area contributed by atoms with E-state index >= 15 is 0 Å². The van der Waals surface area contributed by atoms with Crippen molar-refractivity contribution in [2.75, 3.05) is 6.61 Å². The maximum atomic E-state index is 10.3. The van der Waals surface area contributed by atoms with Crippen molar-refractivity contribution in [1.82, 2.24) is 5.48 Å². The molecule has 6 nitrogen and oxygen atoms in total. The second kappa shape index (κ2) is 5.61. The fourth-order valence-corrected chi connectivity index (χ4v) is 2.46. The molecule has 6 heteroatoms. The highest BCUT2D eigenvalue weighted by Gasteiger charge is 2.45. The maximum absolute atomic E-state index is 10.3. The molecule has 2 aliphatic carbocycles. The number of aliphatic carboxylic acids is 1. The number of nitrogens with one attached hydrogen (secondary N) is 1. The number of carbonyl (C=O) groups is 1. The van der Waals surface area contributed by atoms with Gasteiger partial charge in [0.25, 0.3) is 0 Å². The number of hydrogen-bond acceptors (Lipinski definition) is 5. The lowest BCUT2D eigenvalue weighted by atomic mass is 9.83. The highest BCUT2D eigenvalue weighted by Crippen LogP contribution is 2.48. The minimum Gasteiger partial charge on any atom is -0.479 e. The zero-order chi connectivity index (χ0) is 14.0. The van der Waals surface area contributed by atoms with Crippen molar-refractivity contribution in [2.45, 2.75) is 32.0 Å². The molecule has 0 spiro atoms. The minimum atomic E-state index is -1.04. The molecule has 2 rings (SSSR count). The monoisotopic (exact) mass is 267 g/mol. The van der Waals surface area contributed by atoms with Crippen LogP contribution in [0, 0.1) is 23.7 Å². The second-order valence-corrected chi connectivity index (χ2v) is 4.86. The molecule has 0 radical (unpaired) electrons. The van der Waals surface area contributed by atoms with Crippen LogP contribution in [-0.2, 0) is 9.63 Å². The average molecular weight is 267 g/mol. The van der Waals surface area contributed by atoms with Gasteiger partial charge in [-0.25, -0.2) is 4.79 Å². The van der Waals surface area contributed by atoms with Crippen molar-refractivity contribution in [3.63, 3.8) is 0 Å². The number of hydrogen-bond donors (Lipinski definition) is 4. The summed E-state index contributed by atoms with van der Waals surface area (Å²) in [5.41, 5.74) is 4.50. The van der Waals surface area contributed by atoms with Crippen LogP contribution in [0.5, 0.6) is 0 Å². The largest absolute Gasteiger partial charge is 0.479 e. The molecule has 19 heavy (non-hydrogen) atoms. The lowest BCUT2D eigenvalue weighted by molar-refractivity contribution is -0.144. The van der Waals surface area contributed by atoms with Crippen LogP contribution in [0.2, 0.25) is 0 Å². The highest BCUT2D eigenvalue weighted by molar-refractivity contribution is 5.67. The van der Waals surface area contributed by atoms with Crippen LogP contribution >= 0.6 is 0 Å². The standard InChI is InChI=1S/C13H17NO5/c1-7(15)2-3-8-4-9-10(13(8)18)5-11(9)14-19-6-12(16)17/h7-8,10,13-15,18H,4-6H2,1H3,(H,16,17). The highest BCUT2D eigenvalue weighted by atomic mass is 16.7. The molecule has 0 heterocycles. The van der Waals surface area contributed by atoms with Crippen molar-refractivity contribution in [3.05, 3.63) is 11.3 Å². The summed E-state index contributed by atoms with van der Waals surface area (Å²) in [6.45, 7) is 1.17. The molecule has 0 amide bonds. The average Bonchev–Trinajstić information content (AvgIpc) is 2.54. The van der Waals surface area contributed by atoms with E-state index in [1.807, 2.05) is 0 Å². The lowest BCUT2D eigenvalue weighted by Crippen LogP contribution is -2.32. The number of hydroxylamine groups is 1. The molecule has 104 valence electrons. The molecule has 0 saturated heterocycles. The number of aliphatic hydroxyl groups is 2. The summed E-state index contributed by atoms with van der Waals surface area (Å²) in [5.74, 6) is 4.39. The van der Waals surface area contributed by atoms with E-state index in [0.717, 1.165) is 11.3 Å². The summed E-state index contributed by atoms with van der Waals surface area (Å²) < 4.78 is 0. The van der Waals surface area contributed by atoms with Gasteiger partial charge in [0.2, 0.25) is 0 Å². The van der Waals surface area contributed by atoms with Gasteiger partial charge in [0.1, 0.15) is 6.10 Å². The molecule has 4 atom stereocenters. The molecule has 0 aliphatic heterocycles. The van der Waals surface area contributed by atoms with Gasteiger partial charge in [0.15, 0.2) is 6.61 Å². The number of aliphatic hydroxyl groups excluding tert-OH is 2. The smallest absolute Gasteiger partial charge is 0.332 e. The van der Waals surface area contributed by atoms with E-state index in [2.05, 4.69) is 17.3 Å². The quantitative estimate of drug-likeness (QED) is 0.410. The van der Waals surface area contributed by atoms with E-state index in [1.54, 1.807) is 6.92 Å². The third-order valence-electron chi connectivity index (χ3n) is 3.39. The van der Waals surface area contributed by atoms with Gasteiger partial charge in [0.05, 0.1) is 12.0 Å². The number of carboxylic acid groups (broad SMARTS) is 1. The normalized spacial score (nSPS) is 29.9. The van der Waals surface area contributed by atoms with Crippen LogP contribution in [0.15, 0.2) is 11.3 Å². The Labute approximate surface area is 111 Å². The minimum absolute atomic E-state index is 0.0734. The van der Waals surface area contributed by atoms with E-state index in [9.17, 15) is 9.90 Å². The Morgan fingerprint density at radius 1 is 1.58 bits per heavy atom. The van der Waals surface area contributed by atoms with Crippen LogP contribution in [0.1, 0.15) is 19.8 Å². The first-order chi connectivity index (χ1) is 8.99. The molecule has 1 fully saturated rings. The molecule has 0 aromatic heterocycles. The van der Waals surface area contributed by atoms with Crippen LogP contribution in [0.4, 0.5) is 0 Å². The molecule has 1 saturated carbocycles. The second-order valence-electron chi connectivity index (χ2n) is 4.86. The Bertz CT molecular complexity index is 459. The Kier molecular flexibility index (Phi) is 4.10. The van der Waals surface area contributed by atoms with Crippen molar-refractivity contribution < 1.29 is 25.0 Å². The van der Waals surface area contributed by atoms with Crippen molar-refractivity contribution >= 4 is 5.97 Å². The van der Waals surface area contributed by atoms with E-state index in [1.165, 1.54) is 0 Å². The summed E-state index contributed by atoms with van der Waals surface area (Å²) in [7, 11) is 0. The molecule has 4 unspecified atom stereocenters. The fraction of sp³-hybridized carbons (Fsp3) is 0.615. The van der Waals surface area contributed by atoms with Gasteiger partial charge in [-0.1, -0.05) is 11.8 Å². The third kappa shape index (κ3) is 3.07. The first-order valence-electron chi connectivity index (χ1n) is 6.17. The SMILES string of the molecule is CC(O)C#CC1CC2=C(NOCC(=O)O)CC2C1O.